The SMILES string of the molecule is COc1cc(Nc2cnnc(Nc3ccc(F)cc3F)n2)c(OC)cc1Cl. The van der Waals surface area contributed by atoms with Crippen molar-refractivity contribution in [3.63, 3.8) is 0 Å². The second kappa shape index (κ2) is 8.00. The van der Waals surface area contributed by atoms with E-state index in [9.17, 15) is 8.78 Å². The molecular weight excluding hydrogens is 380 g/mol. The Balaban J connectivity index is 1.86. The highest BCUT2D eigenvalue weighted by molar-refractivity contribution is 6.32. The van der Waals surface area contributed by atoms with E-state index in [0.717, 1.165) is 12.1 Å². The first-order chi connectivity index (χ1) is 13.0. The van der Waals surface area contributed by atoms with E-state index in [1.807, 2.05) is 0 Å². The van der Waals surface area contributed by atoms with E-state index in [0.29, 0.717) is 28.0 Å². The summed E-state index contributed by atoms with van der Waals surface area (Å²) < 4.78 is 37.2. The molecule has 1 heterocycles. The summed E-state index contributed by atoms with van der Waals surface area (Å²) in [5.41, 5.74) is 0.541. The minimum absolute atomic E-state index is 0.0149. The summed E-state index contributed by atoms with van der Waals surface area (Å²) in [4.78, 5) is 4.19. The Kier molecular flexibility index (Phi) is 5.51. The van der Waals surface area contributed by atoms with Gasteiger partial charge in [0.25, 0.3) is 0 Å². The van der Waals surface area contributed by atoms with Crippen LogP contribution in [0.25, 0.3) is 0 Å². The third kappa shape index (κ3) is 4.32. The highest BCUT2D eigenvalue weighted by Crippen LogP contribution is 2.37. The molecule has 0 radical (unpaired) electrons. The fourth-order valence-electron chi connectivity index (χ4n) is 2.22. The van der Waals surface area contributed by atoms with Crippen molar-refractivity contribution in [3.05, 3.63) is 53.2 Å². The van der Waals surface area contributed by atoms with Crippen LogP contribution in [0.2, 0.25) is 5.02 Å². The van der Waals surface area contributed by atoms with Crippen LogP contribution in [0.4, 0.5) is 31.9 Å². The predicted molar refractivity (Wildman–Crippen MR) is 97.3 cm³/mol. The van der Waals surface area contributed by atoms with Gasteiger partial charge in [0.1, 0.15) is 23.1 Å². The summed E-state index contributed by atoms with van der Waals surface area (Å²) in [5.74, 6) is -0.243. The lowest BCUT2D eigenvalue weighted by atomic mass is 10.2. The van der Waals surface area contributed by atoms with Gasteiger partial charge >= 0.3 is 0 Å². The van der Waals surface area contributed by atoms with Gasteiger partial charge in [-0.05, 0) is 12.1 Å². The molecule has 0 fully saturated rings. The number of ether oxygens (including phenoxy) is 2. The van der Waals surface area contributed by atoms with Crippen molar-refractivity contribution < 1.29 is 18.3 Å². The van der Waals surface area contributed by atoms with Gasteiger partial charge in [0.05, 0.1) is 36.8 Å². The van der Waals surface area contributed by atoms with Crippen LogP contribution in [0.3, 0.4) is 0 Å². The standard InChI is InChI=1S/C17H14ClF2N5O2/c1-26-14-7-13(15(27-2)6-10(14)18)22-16-8-21-25-17(24-16)23-12-4-3-9(19)5-11(12)20/h3-8H,1-2H3,(H2,22,23,24,25). The lowest BCUT2D eigenvalue weighted by molar-refractivity contribution is 0.405. The topological polar surface area (TPSA) is 81.2 Å². The number of halogens is 3. The molecule has 2 N–H and O–H groups in total. The number of nitrogens with zero attached hydrogens (tertiary/aromatic N) is 3. The molecule has 140 valence electrons. The van der Waals surface area contributed by atoms with Crippen LogP contribution in [0.5, 0.6) is 11.5 Å². The number of aromatic nitrogens is 3. The van der Waals surface area contributed by atoms with E-state index < -0.39 is 11.6 Å². The molecule has 0 spiro atoms. The average molecular weight is 394 g/mol. The second-order valence-electron chi connectivity index (χ2n) is 5.23. The van der Waals surface area contributed by atoms with Gasteiger partial charge in [0.2, 0.25) is 5.95 Å². The van der Waals surface area contributed by atoms with E-state index in [1.54, 1.807) is 12.1 Å². The minimum Gasteiger partial charge on any atom is -0.495 e. The van der Waals surface area contributed by atoms with E-state index in [-0.39, 0.29) is 11.6 Å². The Morgan fingerprint density at radius 3 is 2.44 bits per heavy atom. The molecule has 0 bridgehead atoms. The maximum Gasteiger partial charge on any atom is 0.249 e. The van der Waals surface area contributed by atoms with Crippen LogP contribution in [-0.2, 0) is 0 Å². The molecule has 2 aromatic carbocycles. The zero-order chi connectivity index (χ0) is 19.4. The van der Waals surface area contributed by atoms with Crippen LogP contribution in [0.15, 0.2) is 36.5 Å². The normalized spacial score (nSPS) is 10.4. The van der Waals surface area contributed by atoms with Gasteiger partial charge in [-0.3, -0.25) is 0 Å². The molecule has 3 aromatic rings. The molecule has 0 amide bonds. The van der Waals surface area contributed by atoms with Gasteiger partial charge in [-0.2, -0.15) is 10.1 Å². The average Bonchev–Trinajstić information content (AvgIpc) is 2.65. The molecule has 27 heavy (non-hydrogen) atoms. The first-order valence-corrected chi connectivity index (χ1v) is 7.98. The molecule has 0 aliphatic rings. The van der Waals surface area contributed by atoms with Crippen LogP contribution in [0.1, 0.15) is 0 Å². The number of methoxy groups -OCH3 is 2. The van der Waals surface area contributed by atoms with Crippen molar-refractivity contribution >= 4 is 34.7 Å². The lowest BCUT2D eigenvalue weighted by Gasteiger charge is -2.13. The zero-order valence-electron chi connectivity index (χ0n) is 14.3. The molecule has 0 unspecified atom stereocenters. The molecule has 0 aliphatic heterocycles. The number of rotatable bonds is 6. The van der Waals surface area contributed by atoms with Crippen molar-refractivity contribution in [1.82, 2.24) is 15.2 Å². The molecule has 3 rings (SSSR count). The molecule has 10 heteroatoms. The molecular formula is C17H14ClF2N5O2. The van der Waals surface area contributed by atoms with Gasteiger partial charge in [0.15, 0.2) is 5.82 Å². The number of hydrogen-bond acceptors (Lipinski definition) is 7. The summed E-state index contributed by atoms with van der Waals surface area (Å²) in [6, 6.07) is 6.33. The molecule has 0 atom stereocenters. The Morgan fingerprint density at radius 1 is 0.963 bits per heavy atom. The van der Waals surface area contributed by atoms with Crippen molar-refractivity contribution in [2.75, 3.05) is 24.9 Å². The number of benzene rings is 2. The maximum absolute atomic E-state index is 13.8. The van der Waals surface area contributed by atoms with E-state index in [1.165, 1.54) is 26.5 Å². The van der Waals surface area contributed by atoms with Gasteiger partial charge < -0.3 is 20.1 Å². The lowest BCUT2D eigenvalue weighted by Crippen LogP contribution is -2.04. The van der Waals surface area contributed by atoms with Crippen molar-refractivity contribution in [1.29, 1.82) is 0 Å². The predicted octanol–water partition coefficient (Wildman–Crippen LogP) is 4.31. The van der Waals surface area contributed by atoms with Crippen molar-refractivity contribution in [2.45, 2.75) is 0 Å². The first-order valence-electron chi connectivity index (χ1n) is 7.60. The molecule has 1 aromatic heterocycles. The summed E-state index contributed by atoms with van der Waals surface area (Å²) in [6.07, 6.45) is 1.37. The third-order valence-electron chi connectivity index (χ3n) is 3.47. The van der Waals surface area contributed by atoms with Gasteiger partial charge in [-0.25, -0.2) is 8.78 Å². The monoisotopic (exact) mass is 393 g/mol. The Hall–Kier alpha value is -3.20. The van der Waals surface area contributed by atoms with Crippen molar-refractivity contribution in [2.24, 2.45) is 0 Å². The van der Waals surface area contributed by atoms with E-state index in [4.69, 9.17) is 21.1 Å². The van der Waals surface area contributed by atoms with Crippen molar-refractivity contribution in [3.8, 4) is 11.5 Å². The number of hydrogen-bond donors (Lipinski definition) is 2. The van der Waals surface area contributed by atoms with Crippen LogP contribution < -0.4 is 20.1 Å². The Labute approximate surface area is 158 Å². The Morgan fingerprint density at radius 2 is 1.74 bits per heavy atom. The zero-order valence-corrected chi connectivity index (χ0v) is 15.0. The fraction of sp³-hybridized carbons (Fsp3) is 0.118. The Bertz CT molecular complexity index is 974. The summed E-state index contributed by atoms with van der Waals surface area (Å²) in [7, 11) is 2.98. The van der Waals surface area contributed by atoms with Gasteiger partial charge in [0, 0.05) is 18.2 Å². The minimum atomic E-state index is -0.777. The molecule has 0 saturated carbocycles. The summed E-state index contributed by atoms with van der Waals surface area (Å²) >= 11 is 6.08. The first kappa shape index (κ1) is 18.6. The summed E-state index contributed by atoms with van der Waals surface area (Å²) in [6.45, 7) is 0. The third-order valence-corrected chi connectivity index (χ3v) is 3.77. The van der Waals surface area contributed by atoms with Crippen LogP contribution in [-0.4, -0.2) is 29.4 Å². The van der Waals surface area contributed by atoms with Gasteiger partial charge in [-0.1, -0.05) is 11.6 Å². The van der Waals surface area contributed by atoms with E-state index >= 15 is 0 Å². The number of anilines is 4. The second-order valence-corrected chi connectivity index (χ2v) is 5.63. The molecule has 0 saturated heterocycles. The molecule has 0 aliphatic carbocycles. The maximum atomic E-state index is 13.8. The fourth-order valence-corrected chi connectivity index (χ4v) is 2.45. The van der Waals surface area contributed by atoms with Crippen LogP contribution >= 0.6 is 11.6 Å². The molecule has 7 nitrogen and oxygen atoms in total. The highest BCUT2D eigenvalue weighted by Gasteiger charge is 2.12. The highest BCUT2D eigenvalue weighted by atomic mass is 35.5. The summed E-state index contributed by atoms with van der Waals surface area (Å²) in [5, 5.41) is 13.6. The van der Waals surface area contributed by atoms with Crippen LogP contribution in [0, 0.1) is 11.6 Å². The quantitative estimate of drug-likeness (QED) is 0.645. The largest absolute Gasteiger partial charge is 0.495 e. The smallest absolute Gasteiger partial charge is 0.249 e. The number of nitrogens with one attached hydrogen (secondary N) is 2. The van der Waals surface area contributed by atoms with Gasteiger partial charge in [-0.15, -0.1) is 5.10 Å². The van der Waals surface area contributed by atoms with E-state index in [2.05, 4.69) is 25.8 Å².